The number of hydrogen-bond acceptors (Lipinski definition) is 4. The number of nitrogens with one attached hydrogen (secondary N) is 1. The van der Waals surface area contributed by atoms with Crippen molar-refractivity contribution in [3.05, 3.63) is 40.1 Å². The van der Waals surface area contributed by atoms with Crippen LogP contribution in [-0.4, -0.2) is 33.3 Å². The van der Waals surface area contributed by atoms with Gasteiger partial charge in [-0.1, -0.05) is 35.3 Å². The normalized spacial score (nSPS) is 12.6. The summed E-state index contributed by atoms with van der Waals surface area (Å²) < 4.78 is 1.65. The lowest BCUT2D eigenvalue weighted by molar-refractivity contribution is 0.233. The minimum atomic E-state index is 0.170. The van der Waals surface area contributed by atoms with Gasteiger partial charge in [-0.3, -0.25) is 0 Å². The van der Waals surface area contributed by atoms with Gasteiger partial charge in [0.2, 0.25) is 0 Å². The minimum Gasteiger partial charge on any atom is -0.396 e. The molecule has 108 valence electrons. The lowest BCUT2D eigenvalue weighted by Gasteiger charge is -2.07. The highest BCUT2D eigenvalue weighted by molar-refractivity contribution is 6.42. The fraction of sp³-hybridized carbons (Fsp3) is 0.385. The molecule has 2 aromatic rings. The van der Waals surface area contributed by atoms with Gasteiger partial charge in [0.15, 0.2) is 0 Å². The smallest absolute Gasteiger partial charge is 0.0969 e. The van der Waals surface area contributed by atoms with E-state index >= 15 is 0 Å². The molecule has 2 N–H and O–H groups in total. The first-order chi connectivity index (χ1) is 9.60. The van der Waals surface area contributed by atoms with Crippen molar-refractivity contribution in [1.29, 1.82) is 0 Å². The van der Waals surface area contributed by atoms with Crippen molar-refractivity contribution in [3.8, 4) is 5.69 Å². The quantitative estimate of drug-likeness (QED) is 0.858. The molecule has 1 heterocycles. The average molecular weight is 315 g/mol. The lowest BCUT2D eigenvalue weighted by atomic mass is 10.2. The van der Waals surface area contributed by atoms with Crippen LogP contribution >= 0.6 is 23.2 Å². The summed E-state index contributed by atoms with van der Waals surface area (Å²) in [5.74, 6) is 0.222. The standard InChI is InChI=1S/C13H16Cl2N4O/c1-9(8-20)5-16-6-10-7-19(18-17-10)11-2-3-12(14)13(15)4-11/h2-4,7,9,16,20H,5-6,8H2,1H3/t9-/m1/s1. The third kappa shape index (κ3) is 3.93. The van der Waals surface area contributed by atoms with Gasteiger partial charge in [0.25, 0.3) is 0 Å². The molecule has 0 spiro atoms. The zero-order valence-corrected chi connectivity index (χ0v) is 12.6. The van der Waals surface area contributed by atoms with Crippen molar-refractivity contribution >= 4 is 23.2 Å². The Kier molecular flexibility index (Phi) is 5.37. The number of benzene rings is 1. The van der Waals surface area contributed by atoms with Gasteiger partial charge in [0.1, 0.15) is 0 Å². The van der Waals surface area contributed by atoms with Crippen LogP contribution in [0.4, 0.5) is 0 Å². The molecule has 0 unspecified atom stereocenters. The Hall–Kier alpha value is -1.14. The second-order valence-electron chi connectivity index (χ2n) is 4.67. The van der Waals surface area contributed by atoms with E-state index in [1.807, 2.05) is 19.2 Å². The largest absolute Gasteiger partial charge is 0.396 e. The molecule has 20 heavy (non-hydrogen) atoms. The molecule has 5 nitrogen and oxygen atoms in total. The van der Waals surface area contributed by atoms with Gasteiger partial charge in [-0.2, -0.15) is 0 Å². The maximum absolute atomic E-state index is 8.94. The van der Waals surface area contributed by atoms with Crippen LogP contribution in [0.2, 0.25) is 10.0 Å². The molecule has 7 heteroatoms. The number of aliphatic hydroxyl groups excluding tert-OH is 1. The number of halogens is 2. The molecule has 1 atom stereocenters. The van der Waals surface area contributed by atoms with Crippen molar-refractivity contribution in [1.82, 2.24) is 20.3 Å². The van der Waals surface area contributed by atoms with E-state index in [2.05, 4.69) is 15.6 Å². The topological polar surface area (TPSA) is 63.0 Å². The molecule has 0 radical (unpaired) electrons. The number of aromatic nitrogens is 3. The summed E-state index contributed by atoms with van der Waals surface area (Å²) in [4.78, 5) is 0. The predicted molar refractivity (Wildman–Crippen MR) is 79.3 cm³/mol. The summed E-state index contributed by atoms with van der Waals surface area (Å²) in [6, 6.07) is 5.29. The summed E-state index contributed by atoms with van der Waals surface area (Å²) >= 11 is 11.9. The van der Waals surface area contributed by atoms with E-state index in [0.717, 1.165) is 17.9 Å². The maximum atomic E-state index is 8.94. The highest BCUT2D eigenvalue weighted by Gasteiger charge is 2.06. The molecule has 0 aliphatic rings. The van der Waals surface area contributed by atoms with Crippen LogP contribution in [0.5, 0.6) is 0 Å². The highest BCUT2D eigenvalue weighted by Crippen LogP contribution is 2.24. The molecular formula is C13H16Cl2N4O. The second kappa shape index (κ2) is 7.04. The van der Waals surface area contributed by atoms with Crippen LogP contribution in [-0.2, 0) is 6.54 Å². The van der Waals surface area contributed by atoms with E-state index in [4.69, 9.17) is 28.3 Å². The summed E-state index contributed by atoms with van der Waals surface area (Å²) in [5, 5.41) is 21.3. The molecule has 0 aliphatic heterocycles. The van der Waals surface area contributed by atoms with Gasteiger partial charge in [0.05, 0.1) is 27.6 Å². The fourth-order valence-corrected chi connectivity index (χ4v) is 1.94. The first kappa shape index (κ1) is 15.3. The lowest BCUT2D eigenvalue weighted by Crippen LogP contribution is -2.22. The fourth-order valence-electron chi connectivity index (χ4n) is 1.64. The summed E-state index contributed by atoms with van der Waals surface area (Å²) in [6.07, 6.45) is 1.83. The zero-order chi connectivity index (χ0) is 14.5. The Morgan fingerprint density at radius 3 is 2.85 bits per heavy atom. The molecule has 0 saturated heterocycles. The third-order valence-electron chi connectivity index (χ3n) is 2.82. The molecule has 1 aromatic carbocycles. The zero-order valence-electron chi connectivity index (χ0n) is 11.1. The summed E-state index contributed by atoms with van der Waals surface area (Å²) in [7, 11) is 0. The van der Waals surface area contributed by atoms with E-state index in [1.165, 1.54) is 0 Å². The van der Waals surface area contributed by atoms with Gasteiger partial charge in [0, 0.05) is 19.7 Å². The number of rotatable bonds is 6. The summed E-state index contributed by atoms with van der Waals surface area (Å²) in [5.41, 5.74) is 1.63. The number of aliphatic hydroxyl groups is 1. The first-order valence-corrected chi connectivity index (χ1v) is 7.04. The van der Waals surface area contributed by atoms with Crippen molar-refractivity contribution in [2.24, 2.45) is 5.92 Å². The van der Waals surface area contributed by atoms with Crippen LogP contribution in [0, 0.1) is 5.92 Å². The minimum absolute atomic E-state index is 0.170. The molecule has 0 fully saturated rings. The Morgan fingerprint density at radius 2 is 2.15 bits per heavy atom. The van der Waals surface area contributed by atoms with E-state index in [9.17, 15) is 0 Å². The number of nitrogens with zero attached hydrogens (tertiary/aromatic N) is 3. The van der Waals surface area contributed by atoms with Crippen LogP contribution in [0.1, 0.15) is 12.6 Å². The van der Waals surface area contributed by atoms with E-state index in [0.29, 0.717) is 16.6 Å². The van der Waals surface area contributed by atoms with E-state index in [-0.39, 0.29) is 12.5 Å². The van der Waals surface area contributed by atoms with E-state index < -0.39 is 0 Å². The van der Waals surface area contributed by atoms with Gasteiger partial charge >= 0.3 is 0 Å². The van der Waals surface area contributed by atoms with Crippen molar-refractivity contribution in [2.45, 2.75) is 13.5 Å². The van der Waals surface area contributed by atoms with Crippen LogP contribution in [0.25, 0.3) is 5.69 Å². The van der Waals surface area contributed by atoms with Crippen LogP contribution in [0.15, 0.2) is 24.4 Å². The Labute approximate surface area is 127 Å². The molecule has 1 aromatic heterocycles. The Bertz CT molecular complexity index is 573. The Morgan fingerprint density at radius 1 is 1.35 bits per heavy atom. The Balaban J connectivity index is 1.99. The monoisotopic (exact) mass is 314 g/mol. The molecular weight excluding hydrogens is 299 g/mol. The average Bonchev–Trinajstić information content (AvgIpc) is 2.90. The van der Waals surface area contributed by atoms with Gasteiger partial charge in [-0.25, -0.2) is 4.68 Å². The van der Waals surface area contributed by atoms with E-state index in [1.54, 1.807) is 16.8 Å². The maximum Gasteiger partial charge on any atom is 0.0969 e. The van der Waals surface area contributed by atoms with Crippen LogP contribution < -0.4 is 5.32 Å². The highest BCUT2D eigenvalue weighted by atomic mass is 35.5. The molecule has 0 bridgehead atoms. The van der Waals surface area contributed by atoms with Crippen molar-refractivity contribution < 1.29 is 5.11 Å². The third-order valence-corrected chi connectivity index (χ3v) is 3.56. The SMILES string of the molecule is C[C@@H](CO)CNCc1cn(-c2ccc(Cl)c(Cl)c2)nn1. The predicted octanol–water partition coefficient (Wildman–Crippen LogP) is 2.29. The van der Waals surface area contributed by atoms with Crippen molar-refractivity contribution in [2.75, 3.05) is 13.2 Å². The number of hydrogen-bond donors (Lipinski definition) is 2. The van der Waals surface area contributed by atoms with Gasteiger partial charge < -0.3 is 10.4 Å². The molecule has 0 aliphatic carbocycles. The molecule has 0 amide bonds. The molecule has 0 saturated carbocycles. The van der Waals surface area contributed by atoms with Crippen molar-refractivity contribution in [3.63, 3.8) is 0 Å². The second-order valence-corrected chi connectivity index (χ2v) is 5.49. The molecule has 2 rings (SSSR count). The summed E-state index contributed by atoms with van der Waals surface area (Å²) in [6.45, 7) is 3.48. The first-order valence-electron chi connectivity index (χ1n) is 6.28. The van der Waals surface area contributed by atoms with Gasteiger partial charge in [-0.05, 0) is 24.1 Å². The van der Waals surface area contributed by atoms with Crippen LogP contribution in [0.3, 0.4) is 0 Å². The van der Waals surface area contributed by atoms with Gasteiger partial charge in [-0.15, -0.1) is 5.10 Å².